The van der Waals surface area contributed by atoms with E-state index in [-0.39, 0.29) is 0 Å². The lowest BCUT2D eigenvalue weighted by Gasteiger charge is -2.30. The normalized spacial score (nSPS) is 11.8. The molecule has 0 spiro atoms. The summed E-state index contributed by atoms with van der Waals surface area (Å²) in [5.41, 5.74) is 0. The third-order valence-electron chi connectivity index (χ3n) is 4.68. The molecule has 5 heteroatoms. The van der Waals surface area contributed by atoms with E-state index in [0.29, 0.717) is 5.12 Å². The Hall–Kier alpha value is 0.157. The van der Waals surface area contributed by atoms with Crippen LogP contribution in [0.3, 0.4) is 0 Å². The van der Waals surface area contributed by atoms with Crippen LogP contribution in [0.2, 0.25) is 12.1 Å². The van der Waals surface area contributed by atoms with Crippen molar-refractivity contribution < 1.29 is 13.6 Å². The van der Waals surface area contributed by atoms with Gasteiger partial charge < -0.3 is 8.85 Å². The molecule has 0 aliphatic rings. The van der Waals surface area contributed by atoms with Crippen molar-refractivity contribution >= 4 is 25.4 Å². The Morgan fingerprint density at radius 1 is 0.731 bits per heavy atom. The minimum absolute atomic E-state index is 0.365. The molecule has 0 fully saturated rings. The Morgan fingerprint density at radius 3 is 1.85 bits per heavy atom. The van der Waals surface area contributed by atoms with Crippen LogP contribution in [0.1, 0.15) is 98.3 Å². The number of carbonyl (C=O) groups excluding carboxylic acids is 1. The second kappa shape index (κ2) is 18.5. The van der Waals surface area contributed by atoms with Gasteiger partial charge in [-0.05, 0) is 38.8 Å². The molecule has 0 aromatic carbocycles. The molecule has 0 heterocycles. The molecule has 0 bridgehead atoms. The Labute approximate surface area is 168 Å². The largest absolute Gasteiger partial charge is 0.394 e. The molecule has 0 amide bonds. The first-order chi connectivity index (χ1) is 12.6. The standard InChI is InChI=1S/C21H44O3SSi/c1-5-9-11-13-14-17-21(22)25-18-16-20-26(23-7-3,24-8-4)19-15-12-10-6-2/h5-20H2,1-4H3. The maximum Gasteiger partial charge on any atom is 0.338 e. The number of carbonyl (C=O) groups is 1. The third-order valence-corrected chi connectivity index (χ3v) is 9.55. The number of hydrogen-bond donors (Lipinski definition) is 0. The fourth-order valence-electron chi connectivity index (χ4n) is 3.28. The molecule has 0 saturated heterocycles. The molecule has 0 radical (unpaired) electrons. The summed E-state index contributed by atoms with van der Waals surface area (Å²) in [5, 5.41) is 0.365. The Balaban J connectivity index is 4.11. The predicted molar refractivity (Wildman–Crippen MR) is 118 cm³/mol. The van der Waals surface area contributed by atoms with Gasteiger partial charge in [-0.1, -0.05) is 77.0 Å². The molecule has 0 saturated carbocycles. The molecular weight excluding hydrogens is 360 g/mol. The average molecular weight is 405 g/mol. The highest BCUT2D eigenvalue weighted by Crippen LogP contribution is 2.26. The Bertz CT molecular complexity index is 320. The van der Waals surface area contributed by atoms with Crippen molar-refractivity contribution in [3.05, 3.63) is 0 Å². The molecular formula is C21H44O3SSi. The quantitative estimate of drug-likeness (QED) is 0.170. The van der Waals surface area contributed by atoms with Gasteiger partial charge in [-0.25, -0.2) is 0 Å². The summed E-state index contributed by atoms with van der Waals surface area (Å²) in [6, 6.07) is 2.13. The van der Waals surface area contributed by atoms with Crippen LogP contribution in [-0.2, 0) is 13.6 Å². The zero-order valence-corrected chi connectivity index (χ0v) is 19.8. The van der Waals surface area contributed by atoms with E-state index < -0.39 is 8.56 Å². The van der Waals surface area contributed by atoms with Gasteiger partial charge in [-0.2, -0.15) is 0 Å². The summed E-state index contributed by atoms with van der Waals surface area (Å²) in [5.74, 6) is 0.914. The van der Waals surface area contributed by atoms with Crippen molar-refractivity contribution in [3.63, 3.8) is 0 Å². The second-order valence-corrected chi connectivity index (χ2v) is 11.6. The predicted octanol–water partition coefficient (Wildman–Crippen LogP) is 7.09. The molecule has 156 valence electrons. The molecule has 0 aliphatic carbocycles. The molecule has 0 aromatic rings. The van der Waals surface area contributed by atoms with Gasteiger partial charge in [-0.3, -0.25) is 4.79 Å². The zero-order chi connectivity index (χ0) is 19.5. The zero-order valence-electron chi connectivity index (χ0n) is 17.9. The van der Waals surface area contributed by atoms with Gasteiger partial charge in [0.05, 0.1) is 0 Å². The van der Waals surface area contributed by atoms with Crippen molar-refractivity contribution in [2.24, 2.45) is 0 Å². The van der Waals surface area contributed by atoms with E-state index >= 15 is 0 Å². The van der Waals surface area contributed by atoms with Crippen LogP contribution in [0.5, 0.6) is 0 Å². The first kappa shape index (κ1) is 26.2. The molecule has 0 N–H and O–H groups in total. The van der Waals surface area contributed by atoms with Gasteiger partial charge in [0.2, 0.25) is 0 Å². The first-order valence-corrected chi connectivity index (χ1v) is 14.3. The Kier molecular flexibility index (Phi) is 18.6. The summed E-state index contributed by atoms with van der Waals surface area (Å²) >= 11 is 1.52. The summed E-state index contributed by atoms with van der Waals surface area (Å²) in [6.07, 6.45) is 12.9. The van der Waals surface area contributed by atoms with Crippen LogP contribution in [0.25, 0.3) is 0 Å². The van der Waals surface area contributed by atoms with Crippen molar-refractivity contribution in [1.29, 1.82) is 0 Å². The first-order valence-electron chi connectivity index (χ1n) is 11.1. The maximum absolute atomic E-state index is 12.0. The van der Waals surface area contributed by atoms with E-state index in [9.17, 15) is 4.79 Å². The van der Waals surface area contributed by atoms with E-state index in [1.807, 2.05) is 0 Å². The molecule has 3 nitrogen and oxygen atoms in total. The molecule has 0 aliphatic heterocycles. The highest BCUT2D eigenvalue weighted by atomic mass is 32.2. The maximum atomic E-state index is 12.0. The Morgan fingerprint density at radius 2 is 1.27 bits per heavy atom. The molecule has 26 heavy (non-hydrogen) atoms. The number of rotatable bonds is 19. The van der Waals surface area contributed by atoms with Crippen LogP contribution < -0.4 is 0 Å². The number of unbranched alkanes of at least 4 members (excludes halogenated alkanes) is 7. The minimum atomic E-state index is -2.08. The average Bonchev–Trinajstić information content (AvgIpc) is 2.63. The van der Waals surface area contributed by atoms with Gasteiger partial charge in [0.15, 0.2) is 5.12 Å². The van der Waals surface area contributed by atoms with Crippen molar-refractivity contribution in [1.82, 2.24) is 0 Å². The monoisotopic (exact) mass is 404 g/mol. The summed E-state index contributed by atoms with van der Waals surface area (Å²) < 4.78 is 12.4. The van der Waals surface area contributed by atoms with Crippen LogP contribution in [0, 0.1) is 0 Å². The lowest BCUT2D eigenvalue weighted by molar-refractivity contribution is -0.111. The van der Waals surface area contributed by atoms with Gasteiger partial charge in [0.25, 0.3) is 0 Å². The van der Waals surface area contributed by atoms with Crippen LogP contribution in [-0.4, -0.2) is 32.6 Å². The fraction of sp³-hybridized carbons (Fsp3) is 0.952. The summed E-state index contributed by atoms with van der Waals surface area (Å²) in [6.45, 7) is 10.1. The van der Waals surface area contributed by atoms with E-state index in [4.69, 9.17) is 8.85 Å². The lowest BCUT2D eigenvalue weighted by atomic mass is 10.1. The van der Waals surface area contributed by atoms with E-state index in [1.54, 1.807) is 0 Å². The summed E-state index contributed by atoms with van der Waals surface area (Å²) in [4.78, 5) is 12.0. The third kappa shape index (κ3) is 14.2. The minimum Gasteiger partial charge on any atom is -0.394 e. The summed E-state index contributed by atoms with van der Waals surface area (Å²) in [7, 11) is -2.08. The van der Waals surface area contributed by atoms with E-state index in [2.05, 4.69) is 27.7 Å². The van der Waals surface area contributed by atoms with Crippen molar-refractivity contribution in [2.45, 2.75) is 110 Å². The van der Waals surface area contributed by atoms with Gasteiger partial charge in [-0.15, -0.1) is 0 Å². The second-order valence-electron chi connectivity index (χ2n) is 7.08. The topological polar surface area (TPSA) is 35.5 Å². The lowest BCUT2D eigenvalue weighted by Crippen LogP contribution is -2.42. The van der Waals surface area contributed by atoms with E-state index in [1.165, 1.54) is 63.1 Å². The van der Waals surface area contributed by atoms with Crippen LogP contribution >= 0.6 is 11.8 Å². The van der Waals surface area contributed by atoms with Gasteiger partial charge in [0, 0.05) is 25.4 Å². The molecule has 0 aromatic heterocycles. The van der Waals surface area contributed by atoms with Gasteiger partial charge in [0.1, 0.15) is 0 Å². The number of thioether (sulfide) groups is 1. The molecule has 0 atom stereocenters. The van der Waals surface area contributed by atoms with Crippen LogP contribution in [0.15, 0.2) is 0 Å². The van der Waals surface area contributed by atoms with Crippen molar-refractivity contribution in [2.75, 3.05) is 19.0 Å². The van der Waals surface area contributed by atoms with Crippen molar-refractivity contribution in [3.8, 4) is 0 Å². The number of hydrogen-bond acceptors (Lipinski definition) is 4. The molecule has 0 unspecified atom stereocenters. The highest BCUT2D eigenvalue weighted by molar-refractivity contribution is 8.13. The SMILES string of the molecule is CCCCCCCC(=O)SCCC[Si](CCCCCC)(OCC)OCC. The van der Waals surface area contributed by atoms with Crippen LogP contribution in [0.4, 0.5) is 0 Å². The van der Waals surface area contributed by atoms with E-state index in [0.717, 1.165) is 50.3 Å². The van der Waals surface area contributed by atoms with Gasteiger partial charge >= 0.3 is 8.56 Å². The smallest absolute Gasteiger partial charge is 0.338 e. The highest BCUT2D eigenvalue weighted by Gasteiger charge is 2.35. The fourth-order valence-corrected chi connectivity index (χ4v) is 7.80. The molecule has 0 rings (SSSR count).